The number of hydrogen-bond acceptors (Lipinski definition) is 8. The maximum Gasteiger partial charge on any atom is 0.293 e. The van der Waals surface area contributed by atoms with E-state index in [1.165, 1.54) is 16.1 Å². The molecule has 0 aliphatic carbocycles. The number of anilines is 1. The Balaban J connectivity index is 1.91. The topological polar surface area (TPSA) is 113 Å². The van der Waals surface area contributed by atoms with E-state index in [9.17, 15) is 23.3 Å². The predicted molar refractivity (Wildman–Crippen MR) is 103 cm³/mol. The van der Waals surface area contributed by atoms with Crippen LogP contribution in [0.3, 0.4) is 0 Å². The molecule has 1 aromatic carbocycles. The highest BCUT2D eigenvalue weighted by atomic mass is 32.2. The molecule has 11 heteroatoms. The summed E-state index contributed by atoms with van der Waals surface area (Å²) in [6.07, 6.45) is 0.347. The van der Waals surface area contributed by atoms with E-state index in [0.717, 1.165) is 0 Å². The molecule has 28 heavy (non-hydrogen) atoms. The number of carbonyl (C=O) groups is 1. The molecule has 1 amide bonds. The van der Waals surface area contributed by atoms with Crippen LogP contribution in [0.2, 0.25) is 0 Å². The molecule has 10 nitrogen and oxygen atoms in total. The van der Waals surface area contributed by atoms with E-state index in [0.29, 0.717) is 38.4 Å². The predicted octanol–water partition coefficient (Wildman–Crippen LogP) is 0.537. The Hall–Kier alpha value is -2.24. The van der Waals surface area contributed by atoms with Crippen LogP contribution in [0.1, 0.15) is 16.8 Å². The number of sulfone groups is 1. The largest absolute Gasteiger partial charge is 0.378 e. The van der Waals surface area contributed by atoms with Crippen LogP contribution >= 0.6 is 0 Å². The highest BCUT2D eigenvalue weighted by Crippen LogP contribution is 2.31. The number of benzene rings is 1. The molecule has 2 saturated heterocycles. The molecular formula is C17H24N4O6S. The number of nitrogens with zero attached hydrogens (tertiary/aromatic N) is 4. The van der Waals surface area contributed by atoms with Crippen LogP contribution in [0, 0.1) is 10.1 Å². The fraction of sp³-hybridized carbons (Fsp3) is 0.588. The molecule has 2 aliphatic rings. The van der Waals surface area contributed by atoms with E-state index < -0.39 is 26.7 Å². The monoisotopic (exact) mass is 412 g/mol. The third kappa shape index (κ3) is 4.26. The van der Waals surface area contributed by atoms with Gasteiger partial charge in [-0.25, -0.2) is 13.4 Å². The van der Waals surface area contributed by atoms with Crippen molar-refractivity contribution in [2.45, 2.75) is 12.5 Å². The summed E-state index contributed by atoms with van der Waals surface area (Å²) in [7, 11) is 0.124. The normalized spacial score (nSPS) is 21.7. The summed E-state index contributed by atoms with van der Waals surface area (Å²) < 4.78 is 28.9. The molecule has 2 fully saturated rings. The third-order valence-electron chi connectivity index (χ3n) is 4.96. The summed E-state index contributed by atoms with van der Waals surface area (Å²) in [5.41, 5.74) is 0.455. The first-order valence-corrected chi connectivity index (χ1v) is 10.8. The second-order valence-electron chi connectivity index (χ2n) is 7.11. The minimum atomic E-state index is -3.18. The van der Waals surface area contributed by atoms with Gasteiger partial charge in [-0.1, -0.05) is 0 Å². The molecule has 0 spiro atoms. The number of amides is 1. The molecular weight excluding hydrogens is 388 g/mol. The Labute approximate surface area is 163 Å². The maximum absolute atomic E-state index is 13.1. The van der Waals surface area contributed by atoms with Gasteiger partial charge in [0.25, 0.3) is 11.6 Å². The molecule has 0 unspecified atom stereocenters. The summed E-state index contributed by atoms with van der Waals surface area (Å²) >= 11 is 0. The fourth-order valence-corrected chi connectivity index (χ4v) is 5.34. The standard InChI is InChI=1S/C17H24N4O6S/c1-18(2)20(14-5-10-28(25,26)12-14)17(22)13-3-4-15(16(11-13)21(23)24)19-6-8-27-9-7-19/h3-4,11,14H,5-10,12H2,1-2H3/t14-/m0/s1. The number of rotatable bonds is 5. The molecule has 0 bridgehead atoms. The van der Waals surface area contributed by atoms with Gasteiger partial charge in [-0.2, -0.15) is 0 Å². The zero-order valence-corrected chi connectivity index (χ0v) is 16.7. The molecule has 0 radical (unpaired) electrons. The first-order chi connectivity index (χ1) is 13.2. The van der Waals surface area contributed by atoms with Crippen molar-refractivity contribution in [2.24, 2.45) is 0 Å². The number of nitro groups is 1. The third-order valence-corrected chi connectivity index (χ3v) is 6.71. The van der Waals surface area contributed by atoms with Crippen molar-refractivity contribution in [3.05, 3.63) is 33.9 Å². The summed E-state index contributed by atoms with van der Waals surface area (Å²) in [4.78, 5) is 26.1. The van der Waals surface area contributed by atoms with Crippen LogP contribution in [-0.4, -0.2) is 87.2 Å². The molecule has 3 rings (SSSR count). The molecule has 0 N–H and O–H groups in total. The average Bonchev–Trinajstić information content (AvgIpc) is 3.01. The molecule has 0 saturated carbocycles. The molecule has 0 aromatic heterocycles. The van der Waals surface area contributed by atoms with Crippen molar-refractivity contribution in [2.75, 3.05) is 56.8 Å². The highest BCUT2D eigenvalue weighted by molar-refractivity contribution is 7.91. The average molecular weight is 412 g/mol. The van der Waals surface area contributed by atoms with Crippen molar-refractivity contribution in [3.63, 3.8) is 0 Å². The van der Waals surface area contributed by atoms with E-state index in [2.05, 4.69) is 0 Å². The Morgan fingerprint density at radius 3 is 2.50 bits per heavy atom. The molecule has 1 aromatic rings. The van der Waals surface area contributed by atoms with Crippen LogP contribution < -0.4 is 4.90 Å². The number of ether oxygens (including phenoxy) is 1. The fourth-order valence-electron chi connectivity index (χ4n) is 3.65. The van der Waals surface area contributed by atoms with Gasteiger partial charge in [0.1, 0.15) is 5.69 Å². The molecule has 1 atom stereocenters. The summed E-state index contributed by atoms with van der Waals surface area (Å²) in [6, 6.07) is 3.92. The van der Waals surface area contributed by atoms with Crippen molar-refractivity contribution in [1.29, 1.82) is 0 Å². The van der Waals surface area contributed by atoms with Gasteiger partial charge < -0.3 is 9.64 Å². The van der Waals surface area contributed by atoms with Gasteiger partial charge in [0.2, 0.25) is 0 Å². The van der Waals surface area contributed by atoms with E-state index >= 15 is 0 Å². The molecule has 154 valence electrons. The van der Waals surface area contributed by atoms with Crippen LogP contribution in [0.4, 0.5) is 11.4 Å². The first kappa shape index (κ1) is 20.5. The summed E-state index contributed by atoms with van der Waals surface area (Å²) in [5.74, 6) is -0.528. The maximum atomic E-state index is 13.1. The number of morpholine rings is 1. The quantitative estimate of drug-likeness (QED) is 0.509. The Morgan fingerprint density at radius 2 is 1.96 bits per heavy atom. The lowest BCUT2D eigenvalue weighted by Gasteiger charge is -2.34. The minimum Gasteiger partial charge on any atom is -0.378 e. The van der Waals surface area contributed by atoms with Crippen LogP contribution in [-0.2, 0) is 14.6 Å². The second-order valence-corrected chi connectivity index (χ2v) is 9.34. The van der Waals surface area contributed by atoms with E-state index in [1.54, 1.807) is 26.2 Å². The zero-order valence-electron chi connectivity index (χ0n) is 15.9. The SMILES string of the molecule is CN(C)N(C(=O)c1ccc(N2CCOCC2)c([N+](=O)[O-])c1)[C@H]1CCS(=O)(=O)C1. The Morgan fingerprint density at radius 1 is 1.29 bits per heavy atom. The van der Waals surface area contributed by atoms with E-state index in [-0.39, 0.29) is 22.8 Å². The second kappa shape index (κ2) is 8.02. The number of hydrazine groups is 1. The number of nitro benzene ring substituents is 1. The van der Waals surface area contributed by atoms with Gasteiger partial charge in [-0.05, 0) is 18.6 Å². The van der Waals surface area contributed by atoms with Gasteiger partial charge >= 0.3 is 0 Å². The van der Waals surface area contributed by atoms with Gasteiger partial charge in [0.15, 0.2) is 9.84 Å². The zero-order chi connectivity index (χ0) is 20.5. The van der Waals surface area contributed by atoms with Gasteiger partial charge in [0.05, 0.1) is 35.7 Å². The van der Waals surface area contributed by atoms with Crippen LogP contribution in [0.25, 0.3) is 0 Å². The number of hydrogen-bond donors (Lipinski definition) is 0. The lowest BCUT2D eigenvalue weighted by molar-refractivity contribution is -0.384. The number of carbonyl (C=O) groups excluding carboxylic acids is 1. The van der Waals surface area contributed by atoms with E-state index in [1.807, 2.05) is 4.90 Å². The Bertz CT molecular complexity index is 866. The van der Waals surface area contributed by atoms with Gasteiger partial charge in [-0.15, -0.1) is 0 Å². The summed E-state index contributed by atoms with van der Waals surface area (Å²) in [5, 5.41) is 14.5. The van der Waals surface area contributed by atoms with Crippen LogP contribution in [0.5, 0.6) is 0 Å². The lowest BCUT2D eigenvalue weighted by Crippen LogP contribution is -2.49. The van der Waals surface area contributed by atoms with E-state index in [4.69, 9.17) is 4.74 Å². The smallest absolute Gasteiger partial charge is 0.293 e. The van der Waals surface area contributed by atoms with Gasteiger partial charge in [-0.3, -0.25) is 19.9 Å². The molecule has 2 heterocycles. The summed E-state index contributed by atoms with van der Waals surface area (Å²) in [6.45, 7) is 2.06. The highest BCUT2D eigenvalue weighted by Gasteiger charge is 2.37. The van der Waals surface area contributed by atoms with Crippen molar-refractivity contribution < 1.29 is 22.9 Å². The van der Waals surface area contributed by atoms with Gasteiger partial charge in [0, 0.05) is 38.8 Å². The van der Waals surface area contributed by atoms with Crippen LogP contribution in [0.15, 0.2) is 18.2 Å². The van der Waals surface area contributed by atoms with Crippen molar-refractivity contribution >= 4 is 27.1 Å². The lowest BCUT2D eigenvalue weighted by atomic mass is 10.1. The molecule has 2 aliphatic heterocycles. The van der Waals surface area contributed by atoms with Crippen molar-refractivity contribution in [3.8, 4) is 0 Å². The Kier molecular flexibility index (Phi) is 5.87. The van der Waals surface area contributed by atoms with Crippen molar-refractivity contribution in [1.82, 2.24) is 10.0 Å². The first-order valence-electron chi connectivity index (χ1n) is 9.02. The minimum absolute atomic E-state index is 0.0331.